The molecule has 0 unspecified atom stereocenters. The zero-order chi connectivity index (χ0) is 11.4. The Morgan fingerprint density at radius 3 is 2.62 bits per heavy atom. The van der Waals surface area contributed by atoms with Gasteiger partial charge in [0.2, 0.25) is 0 Å². The summed E-state index contributed by atoms with van der Waals surface area (Å²) in [5, 5.41) is 0. The number of allylic oxidation sites excluding steroid dienone is 1. The lowest BCUT2D eigenvalue weighted by Crippen LogP contribution is -2.19. The van der Waals surface area contributed by atoms with Crippen molar-refractivity contribution in [1.82, 2.24) is 4.90 Å². The summed E-state index contributed by atoms with van der Waals surface area (Å²) in [6.45, 7) is 1.83. The van der Waals surface area contributed by atoms with Gasteiger partial charge in [0.15, 0.2) is 0 Å². The van der Waals surface area contributed by atoms with Crippen LogP contribution in [-0.4, -0.2) is 18.6 Å². The van der Waals surface area contributed by atoms with Gasteiger partial charge >= 0.3 is 0 Å². The maximum Gasteiger partial charge on any atom is 0.118 e. The number of nitrogens with zero attached hydrogens (tertiary/aromatic N) is 1. The summed E-state index contributed by atoms with van der Waals surface area (Å²) in [7, 11) is 1.69. The van der Waals surface area contributed by atoms with Gasteiger partial charge in [0, 0.05) is 23.8 Å². The third-order valence-corrected chi connectivity index (χ3v) is 3.04. The fraction of sp³-hybridized carbons (Fsp3) is 0.231. The Morgan fingerprint density at radius 1 is 1.31 bits per heavy atom. The van der Waals surface area contributed by atoms with Crippen LogP contribution in [0.15, 0.2) is 52.8 Å². The highest BCUT2D eigenvalue weighted by molar-refractivity contribution is 9.10. The molecule has 0 radical (unpaired) electrons. The number of methoxy groups -OCH3 is 1. The second-order valence-corrected chi connectivity index (χ2v) is 4.60. The zero-order valence-corrected chi connectivity index (χ0v) is 10.8. The van der Waals surface area contributed by atoms with Crippen LogP contribution >= 0.6 is 15.9 Å². The minimum absolute atomic E-state index is 0.899. The minimum Gasteiger partial charge on any atom is -0.497 e. The Labute approximate surface area is 104 Å². The quantitative estimate of drug-likeness (QED) is 0.842. The molecule has 84 valence electrons. The van der Waals surface area contributed by atoms with Crippen LogP contribution in [0.5, 0.6) is 0 Å². The molecule has 1 heterocycles. The summed E-state index contributed by atoms with van der Waals surface area (Å²) >= 11 is 3.43. The molecule has 0 saturated heterocycles. The molecule has 0 atom stereocenters. The van der Waals surface area contributed by atoms with E-state index in [2.05, 4.69) is 57.4 Å². The van der Waals surface area contributed by atoms with E-state index in [4.69, 9.17) is 4.74 Å². The molecular formula is C13H14BrNO. The van der Waals surface area contributed by atoms with Gasteiger partial charge in [-0.3, -0.25) is 0 Å². The van der Waals surface area contributed by atoms with Crippen LogP contribution in [-0.2, 0) is 11.3 Å². The highest BCUT2D eigenvalue weighted by Crippen LogP contribution is 2.14. The molecule has 0 saturated carbocycles. The fourth-order valence-corrected chi connectivity index (χ4v) is 1.87. The lowest BCUT2D eigenvalue weighted by Gasteiger charge is -2.22. The van der Waals surface area contributed by atoms with Crippen LogP contribution in [0.2, 0.25) is 0 Å². The van der Waals surface area contributed by atoms with Crippen LogP contribution in [0.25, 0.3) is 0 Å². The molecule has 1 aromatic rings. The maximum absolute atomic E-state index is 5.15. The van der Waals surface area contributed by atoms with Gasteiger partial charge in [0.05, 0.1) is 7.11 Å². The molecule has 2 nitrogen and oxygen atoms in total. The Bertz CT molecular complexity index is 408. The first-order chi connectivity index (χ1) is 7.78. The molecule has 0 aliphatic carbocycles. The predicted octanol–water partition coefficient (Wildman–Crippen LogP) is 3.31. The van der Waals surface area contributed by atoms with E-state index in [1.54, 1.807) is 7.11 Å². The zero-order valence-electron chi connectivity index (χ0n) is 9.19. The third-order valence-electron chi connectivity index (χ3n) is 2.51. The summed E-state index contributed by atoms with van der Waals surface area (Å²) in [6.07, 6.45) is 6.14. The molecule has 0 N–H and O–H groups in total. The van der Waals surface area contributed by atoms with E-state index in [1.807, 2.05) is 6.08 Å². The number of halogens is 1. The maximum atomic E-state index is 5.15. The number of benzene rings is 1. The highest BCUT2D eigenvalue weighted by Gasteiger charge is 2.05. The van der Waals surface area contributed by atoms with Gasteiger partial charge in [-0.2, -0.15) is 0 Å². The minimum atomic E-state index is 0.899. The summed E-state index contributed by atoms with van der Waals surface area (Å²) in [4.78, 5) is 2.24. The van der Waals surface area contributed by atoms with Crippen LogP contribution in [0.4, 0.5) is 0 Å². The Hall–Kier alpha value is -1.22. The van der Waals surface area contributed by atoms with Gasteiger partial charge < -0.3 is 9.64 Å². The van der Waals surface area contributed by atoms with Gasteiger partial charge in [-0.25, -0.2) is 0 Å². The van der Waals surface area contributed by atoms with Crippen LogP contribution in [0, 0.1) is 0 Å². The molecule has 0 aromatic heterocycles. The van der Waals surface area contributed by atoms with Gasteiger partial charge in [-0.15, -0.1) is 0 Å². The highest BCUT2D eigenvalue weighted by atomic mass is 79.9. The first-order valence-corrected chi connectivity index (χ1v) is 5.98. The van der Waals surface area contributed by atoms with E-state index >= 15 is 0 Å². The van der Waals surface area contributed by atoms with Crippen molar-refractivity contribution in [2.75, 3.05) is 13.7 Å². The van der Waals surface area contributed by atoms with E-state index < -0.39 is 0 Å². The number of hydrogen-bond acceptors (Lipinski definition) is 2. The van der Waals surface area contributed by atoms with E-state index in [1.165, 1.54) is 5.56 Å². The molecule has 2 rings (SSSR count). The van der Waals surface area contributed by atoms with Gasteiger partial charge in [-0.1, -0.05) is 28.1 Å². The molecule has 1 aliphatic heterocycles. The van der Waals surface area contributed by atoms with E-state index in [0.29, 0.717) is 0 Å². The fourth-order valence-electron chi connectivity index (χ4n) is 1.61. The first-order valence-electron chi connectivity index (χ1n) is 5.19. The van der Waals surface area contributed by atoms with E-state index in [0.717, 1.165) is 23.3 Å². The summed E-state index contributed by atoms with van der Waals surface area (Å²) in [6, 6.07) is 8.40. The van der Waals surface area contributed by atoms with Gasteiger partial charge in [0.25, 0.3) is 0 Å². The number of hydrogen-bond donors (Lipinski definition) is 0. The molecule has 0 bridgehead atoms. The summed E-state index contributed by atoms with van der Waals surface area (Å²) in [5.74, 6) is 0.937. The number of ether oxygens (including phenoxy) is 1. The van der Waals surface area contributed by atoms with Crippen molar-refractivity contribution in [2.24, 2.45) is 0 Å². The van der Waals surface area contributed by atoms with Crippen LogP contribution in [0.1, 0.15) is 5.56 Å². The standard InChI is InChI=1S/C13H14BrNO/c1-16-13-6-8-15(9-7-13)10-11-2-4-12(14)5-3-11/h2-8H,9-10H2,1H3. The molecule has 16 heavy (non-hydrogen) atoms. The molecule has 3 heteroatoms. The van der Waals surface area contributed by atoms with Crippen molar-refractivity contribution < 1.29 is 4.74 Å². The SMILES string of the molecule is COC1=CCN(Cc2ccc(Br)cc2)C=C1. The van der Waals surface area contributed by atoms with Crippen molar-refractivity contribution in [3.05, 3.63) is 58.4 Å². The third kappa shape index (κ3) is 2.89. The van der Waals surface area contributed by atoms with E-state index in [9.17, 15) is 0 Å². The second-order valence-electron chi connectivity index (χ2n) is 3.68. The Morgan fingerprint density at radius 2 is 2.06 bits per heavy atom. The summed E-state index contributed by atoms with van der Waals surface area (Å²) < 4.78 is 6.26. The molecule has 0 fully saturated rings. The van der Waals surface area contributed by atoms with Crippen molar-refractivity contribution in [1.29, 1.82) is 0 Å². The lowest BCUT2D eigenvalue weighted by atomic mass is 10.2. The largest absolute Gasteiger partial charge is 0.497 e. The van der Waals surface area contributed by atoms with Crippen LogP contribution < -0.4 is 0 Å². The lowest BCUT2D eigenvalue weighted by molar-refractivity contribution is 0.291. The van der Waals surface area contributed by atoms with Crippen LogP contribution in [0.3, 0.4) is 0 Å². The van der Waals surface area contributed by atoms with Crippen molar-refractivity contribution in [3.63, 3.8) is 0 Å². The number of rotatable bonds is 3. The Kier molecular flexibility index (Phi) is 3.67. The average molecular weight is 280 g/mol. The topological polar surface area (TPSA) is 12.5 Å². The van der Waals surface area contributed by atoms with E-state index in [-0.39, 0.29) is 0 Å². The molecule has 1 aliphatic rings. The van der Waals surface area contributed by atoms with Gasteiger partial charge in [0.1, 0.15) is 5.76 Å². The first kappa shape index (κ1) is 11.3. The monoisotopic (exact) mass is 279 g/mol. The molecular weight excluding hydrogens is 266 g/mol. The normalized spacial score (nSPS) is 14.9. The summed E-state index contributed by atoms with van der Waals surface area (Å²) in [5.41, 5.74) is 1.31. The smallest absolute Gasteiger partial charge is 0.118 e. The second kappa shape index (κ2) is 5.21. The average Bonchev–Trinajstić information content (AvgIpc) is 2.33. The predicted molar refractivity (Wildman–Crippen MR) is 68.8 cm³/mol. The molecule has 1 aromatic carbocycles. The van der Waals surface area contributed by atoms with Crippen molar-refractivity contribution in [2.45, 2.75) is 6.54 Å². The van der Waals surface area contributed by atoms with Crippen molar-refractivity contribution in [3.8, 4) is 0 Å². The molecule has 0 amide bonds. The van der Waals surface area contributed by atoms with Crippen molar-refractivity contribution >= 4 is 15.9 Å². The molecule has 0 spiro atoms. The Balaban J connectivity index is 1.95. The van der Waals surface area contributed by atoms with Gasteiger partial charge in [-0.05, 0) is 29.8 Å².